The number of nitrogens with zero attached hydrogens (tertiary/aromatic N) is 1. The van der Waals surface area contributed by atoms with Crippen molar-refractivity contribution in [2.75, 3.05) is 18.7 Å². The molecule has 0 spiro atoms. The number of amides is 2. The number of benzene rings is 3. The van der Waals surface area contributed by atoms with Gasteiger partial charge < -0.3 is 19.5 Å². The number of hydrogen-bond donors (Lipinski definition) is 1. The fourth-order valence-corrected chi connectivity index (χ4v) is 3.92. The average Bonchev–Trinajstić information content (AvgIpc) is 3.39. The van der Waals surface area contributed by atoms with Crippen molar-refractivity contribution in [1.29, 1.82) is 0 Å². The van der Waals surface area contributed by atoms with Gasteiger partial charge in [0.2, 0.25) is 6.79 Å². The molecule has 7 nitrogen and oxygen atoms in total. The zero-order chi connectivity index (χ0) is 23.7. The van der Waals surface area contributed by atoms with Crippen LogP contribution in [0.3, 0.4) is 0 Å². The molecule has 3 aromatic rings. The van der Waals surface area contributed by atoms with Crippen LogP contribution in [0.2, 0.25) is 0 Å². The first-order valence-corrected chi connectivity index (χ1v) is 10.8. The molecule has 2 aliphatic rings. The van der Waals surface area contributed by atoms with Crippen LogP contribution in [0.5, 0.6) is 17.2 Å². The maximum absolute atomic E-state index is 13.6. The number of anilines is 1. The van der Waals surface area contributed by atoms with E-state index in [9.17, 15) is 14.0 Å². The molecule has 8 heteroatoms. The number of rotatable bonds is 7. The lowest BCUT2D eigenvalue weighted by molar-refractivity contribution is -0.137. The van der Waals surface area contributed by atoms with Crippen molar-refractivity contribution in [3.63, 3.8) is 0 Å². The minimum absolute atomic E-state index is 0.0448. The molecule has 0 aliphatic carbocycles. The lowest BCUT2D eigenvalue weighted by Gasteiger charge is -2.16. The Bertz CT molecular complexity index is 1300. The molecule has 0 unspecified atom stereocenters. The van der Waals surface area contributed by atoms with Gasteiger partial charge in [-0.15, -0.1) is 0 Å². The van der Waals surface area contributed by atoms with Crippen LogP contribution in [-0.4, -0.2) is 30.1 Å². The van der Waals surface area contributed by atoms with Crippen LogP contribution in [-0.2, 0) is 16.1 Å². The summed E-state index contributed by atoms with van der Waals surface area (Å²) in [6.45, 7) is 2.55. The third-order valence-corrected chi connectivity index (χ3v) is 5.49. The first-order chi connectivity index (χ1) is 16.5. The third-order valence-electron chi connectivity index (χ3n) is 5.49. The molecule has 0 aromatic heterocycles. The molecule has 34 heavy (non-hydrogen) atoms. The van der Waals surface area contributed by atoms with Crippen molar-refractivity contribution >= 4 is 23.1 Å². The monoisotopic (exact) mass is 460 g/mol. The summed E-state index contributed by atoms with van der Waals surface area (Å²) in [5.41, 5.74) is 2.03. The standard InChI is InChI=1S/C26H21FN2O5/c1-2-32-20-5-3-4-19(13-20)28-24-23(17-7-9-18(27)10-8-17)25(30)29(26(24)31)14-16-6-11-21-22(12-16)34-15-33-21/h3-13,28H,2,14-15H2,1H3. The van der Waals surface area contributed by atoms with Crippen molar-refractivity contribution < 1.29 is 28.2 Å². The molecule has 0 fully saturated rings. The maximum atomic E-state index is 13.6. The Labute approximate surface area is 195 Å². The van der Waals surface area contributed by atoms with Crippen LogP contribution in [0.15, 0.2) is 72.4 Å². The number of carbonyl (C=O) groups excluding carboxylic acids is 2. The normalized spacial score (nSPS) is 14.7. The van der Waals surface area contributed by atoms with Crippen LogP contribution >= 0.6 is 0 Å². The Morgan fingerprint density at radius 2 is 1.76 bits per heavy atom. The van der Waals surface area contributed by atoms with E-state index in [0.717, 1.165) is 4.90 Å². The Morgan fingerprint density at radius 1 is 0.971 bits per heavy atom. The molecular formula is C26H21FN2O5. The van der Waals surface area contributed by atoms with Crippen molar-refractivity contribution in [1.82, 2.24) is 4.90 Å². The number of hydrogen-bond acceptors (Lipinski definition) is 6. The zero-order valence-electron chi connectivity index (χ0n) is 18.3. The van der Waals surface area contributed by atoms with E-state index in [0.29, 0.717) is 40.7 Å². The van der Waals surface area contributed by atoms with Crippen molar-refractivity contribution in [2.24, 2.45) is 0 Å². The highest BCUT2D eigenvalue weighted by Gasteiger charge is 2.39. The fraction of sp³-hybridized carbons (Fsp3) is 0.154. The van der Waals surface area contributed by atoms with Gasteiger partial charge in [0.05, 0.1) is 18.7 Å². The minimum atomic E-state index is -0.483. The summed E-state index contributed by atoms with van der Waals surface area (Å²) in [6, 6.07) is 17.9. The van der Waals surface area contributed by atoms with Gasteiger partial charge in [-0.3, -0.25) is 14.5 Å². The lowest BCUT2D eigenvalue weighted by atomic mass is 10.0. The number of fused-ring (bicyclic) bond motifs is 1. The van der Waals surface area contributed by atoms with Gasteiger partial charge in [0, 0.05) is 11.8 Å². The molecule has 3 aromatic carbocycles. The molecule has 0 saturated carbocycles. The van der Waals surface area contributed by atoms with E-state index < -0.39 is 17.6 Å². The van der Waals surface area contributed by atoms with Gasteiger partial charge >= 0.3 is 0 Å². The number of carbonyl (C=O) groups is 2. The summed E-state index contributed by atoms with van der Waals surface area (Å²) in [5, 5.41) is 3.09. The Kier molecular flexibility index (Phi) is 5.63. The minimum Gasteiger partial charge on any atom is -0.494 e. The first-order valence-electron chi connectivity index (χ1n) is 10.8. The van der Waals surface area contributed by atoms with Gasteiger partial charge in [0.1, 0.15) is 17.3 Å². The van der Waals surface area contributed by atoms with E-state index >= 15 is 0 Å². The number of nitrogens with one attached hydrogen (secondary N) is 1. The molecule has 1 N–H and O–H groups in total. The van der Waals surface area contributed by atoms with Crippen LogP contribution in [0.25, 0.3) is 5.57 Å². The van der Waals surface area contributed by atoms with Gasteiger partial charge in [0.25, 0.3) is 11.8 Å². The van der Waals surface area contributed by atoms with E-state index in [-0.39, 0.29) is 24.6 Å². The quantitative estimate of drug-likeness (QED) is 0.529. The summed E-state index contributed by atoms with van der Waals surface area (Å²) >= 11 is 0. The average molecular weight is 460 g/mol. The predicted molar refractivity (Wildman–Crippen MR) is 123 cm³/mol. The second-order valence-electron chi connectivity index (χ2n) is 7.73. The second kappa shape index (κ2) is 8.90. The highest BCUT2D eigenvalue weighted by atomic mass is 19.1. The molecule has 172 valence electrons. The maximum Gasteiger partial charge on any atom is 0.278 e. The van der Waals surface area contributed by atoms with E-state index in [1.54, 1.807) is 42.5 Å². The largest absolute Gasteiger partial charge is 0.494 e. The summed E-state index contributed by atoms with van der Waals surface area (Å²) in [6.07, 6.45) is 0. The van der Waals surface area contributed by atoms with Crippen molar-refractivity contribution in [3.8, 4) is 17.2 Å². The first kappa shape index (κ1) is 21.5. The summed E-state index contributed by atoms with van der Waals surface area (Å²) in [5.74, 6) is 0.420. The predicted octanol–water partition coefficient (Wildman–Crippen LogP) is 4.35. The Balaban J connectivity index is 1.49. The van der Waals surface area contributed by atoms with Gasteiger partial charge in [-0.25, -0.2) is 4.39 Å². The summed E-state index contributed by atoms with van der Waals surface area (Å²) < 4.78 is 29.8. The van der Waals surface area contributed by atoms with E-state index in [2.05, 4.69) is 5.32 Å². The van der Waals surface area contributed by atoms with E-state index in [4.69, 9.17) is 14.2 Å². The fourth-order valence-electron chi connectivity index (χ4n) is 3.92. The molecule has 2 amide bonds. The zero-order valence-corrected chi connectivity index (χ0v) is 18.3. The molecule has 0 bridgehead atoms. The van der Waals surface area contributed by atoms with Gasteiger partial charge in [-0.05, 0) is 54.4 Å². The number of halogens is 1. The van der Waals surface area contributed by atoms with Crippen LogP contribution in [0.4, 0.5) is 10.1 Å². The molecule has 5 rings (SSSR count). The van der Waals surface area contributed by atoms with Gasteiger partial charge in [-0.1, -0.05) is 24.3 Å². The van der Waals surface area contributed by atoms with Gasteiger partial charge in [0.15, 0.2) is 11.5 Å². The Hall–Kier alpha value is -4.33. The van der Waals surface area contributed by atoms with Crippen LogP contribution in [0.1, 0.15) is 18.1 Å². The third kappa shape index (κ3) is 4.05. The molecular weight excluding hydrogens is 439 g/mol. The molecule has 0 saturated heterocycles. The molecule has 0 radical (unpaired) electrons. The highest BCUT2D eigenvalue weighted by Crippen LogP contribution is 2.35. The topological polar surface area (TPSA) is 77.1 Å². The van der Waals surface area contributed by atoms with Crippen molar-refractivity contribution in [2.45, 2.75) is 13.5 Å². The highest BCUT2D eigenvalue weighted by molar-refractivity contribution is 6.36. The summed E-state index contributed by atoms with van der Waals surface area (Å²) in [4.78, 5) is 28.0. The SMILES string of the molecule is CCOc1cccc(NC2=C(c3ccc(F)cc3)C(=O)N(Cc3ccc4c(c3)OCO4)C2=O)c1. The molecule has 2 heterocycles. The Morgan fingerprint density at radius 3 is 2.56 bits per heavy atom. The van der Waals surface area contributed by atoms with E-state index in [1.165, 1.54) is 24.3 Å². The van der Waals surface area contributed by atoms with Gasteiger partial charge in [-0.2, -0.15) is 0 Å². The smallest absolute Gasteiger partial charge is 0.278 e. The van der Waals surface area contributed by atoms with Crippen molar-refractivity contribution in [3.05, 3.63) is 89.4 Å². The number of ether oxygens (including phenoxy) is 3. The number of imide groups is 1. The molecule has 2 aliphatic heterocycles. The van der Waals surface area contributed by atoms with E-state index in [1.807, 2.05) is 6.92 Å². The van der Waals surface area contributed by atoms with Crippen LogP contribution in [0, 0.1) is 5.82 Å². The summed E-state index contributed by atoms with van der Waals surface area (Å²) in [7, 11) is 0. The van der Waals surface area contributed by atoms with Crippen LogP contribution < -0.4 is 19.5 Å². The lowest BCUT2D eigenvalue weighted by Crippen LogP contribution is -2.32. The second-order valence-corrected chi connectivity index (χ2v) is 7.73. The molecule has 0 atom stereocenters.